The molecule has 2 atom stereocenters. The number of fused-ring (bicyclic) bond motifs is 1. The molecule has 1 saturated carbocycles. The number of carboxylic acids is 1. The minimum atomic E-state index is -0.887. The van der Waals surface area contributed by atoms with Crippen molar-refractivity contribution in [2.45, 2.75) is 33.7 Å². The normalized spacial score (nSPS) is 22.8. The van der Waals surface area contributed by atoms with Gasteiger partial charge >= 0.3 is 5.97 Å². The topological polar surface area (TPSA) is 84.2 Å². The molecule has 3 rings (SSSR count). The monoisotopic (exact) mass is 329 g/mol. The lowest BCUT2D eigenvalue weighted by Gasteiger charge is -2.16. The Kier molecular flexibility index (Phi) is 4.07. The van der Waals surface area contributed by atoms with E-state index in [0.717, 1.165) is 16.9 Å². The number of nitrogens with zero attached hydrogens (tertiary/aromatic N) is 2. The molecule has 2 N–H and O–H groups in total. The number of imidazole rings is 1. The van der Waals surface area contributed by atoms with Crippen molar-refractivity contribution in [3.05, 3.63) is 30.1 Å². The average Bonchev–Trinajstić information content (AvgIpc) is 3.22. The largest absolute Gasteiger partial charge is 0.481 e. The van der Waals surface area contributed by atoms with E-state index in [0.29, 0.717) is 19.5 Å². The lowest BCUT2D eigenvalue weighted by Crippen LogP contribution is -2.34. The van der Waals surface area contributed by atoms with E-state index in [-0.39, 0.29) is 11.8 Å². The number of hydrogen-bond acceptors (Lipinski definition) is 3. The van der Waals surface area contributed by atoms with E-state index in [1.165, 1.54) is 0 Å². The van der Waals surface area contributed by atoms with Crippen LogP contribution in [0.1, 0.15) is 26.1 Å². The molecule has 6 nitrogen and oxygen atoms in total. The second kappa shape index (κ2) is 5.92. The fraction of sp³-hybridized carbons (Fsp3) is 0.500. The summed E-state index contributed by atoms with van der Waals surface area (Å²) in [7, 11) is 0. The van der Waals surface area contributed by atoms with E-state index in [1.807, 2.05) is 45.0 Å². The van der Waals surface area contributed by atoms with Gasteiger partial charge < -0.3 is 15.0 Å². The Morgan fingerprint density at radius 1 is 1.42 bits per heavy atom. The molecule has 0 spiro atoms. The van der Waals surface area contributed by atoms with Gasteiger partial charge in [0.05, 0.1) is 22.4 Å². The molecule has 1 fully saturated rings. The zero-order valence-corrected chi connectivity index (χ0v) is 14.2. The number of benzene rings is 1. The lowest BCUT2D eigenvalue weighted by atomic mass is 9.89. The van der Waals surface area contributed by atoms with E-state index >= 15 is 0 Å². The summed E-state index contributed by atoms with van der Waals surface area (Å²) in [4.78, 5) is 28.3. The molecule has 0 aliphatic heterocycles. The molecule has 128 valence electrons. The highest BCUT2D eigenvalue weighted by Gasteiger charge is 2.65. The molecule has 1 aromatic carbocycles. The third-order valence-electron chi connectivity index (χ3n) is 5.23. The number of carbonyl (C=O) groups is 2. The van der Waals surface area contributed by atoms with Crippen molar-refractivity contribution in [2.75, 3.05) is 6.54 Å². The fourth-order valence-electron chi connectivity index (χ4n) is 3.62. The molecule has 1 amide bonds. The van der Waals surface area contributed by atoms with Crippen LogP contribution in [-0.2, 0) is 16.1 Å². The molecule has 0 radical (unpaired) electrons. The zero-order valence-electron chi connectivity index (χ0n) is 14.2. The number of amides is 1. The minimum Gasteiger partial charge on any atom is -0.481 e. The Hall–Kier alpha value is -2.37. The zero-order chi connectivity index (χ0) is 17.5. The summed E-state index contributed by atoms with van der Waals surface area (Å²) in [5.41, 5.74) is 1.09. The first-order chi connectivity index (χ1) is 11.4. The van der Waals surface area contributed by atoms with Crippen LogP contribution < -0.4 is 5.32 Å². The Bertz CT molecular complexity index is 796. The van der Waals surface area contributed by atoms with E-state index < -0.39 is 17.3 Å². The number of nitrogens with one attached hydrogen (secondary N) is 1. The molecule has 1 aliphatic carbocycles. The maximum absolute atomic E-state index is 12.3. The summed E-state index contributed by atoms with van der Waals surface area (Å²) in [5, 5.41) is 12.3. The number of hydrogen-bond donors (Lipinski definition) is 2. The minimum absolute atomic E-state index is 0.0504. The van der Waals surface area contributed by atoms with Crippen molar-refractivity contribution in [3.63, 3.8) is 0 Å². The summed E-state index contributed by atoms with van der Waals surface area (Å²) in [5.74, 6) is -0.595. The SMILES string of the molecule is Cc1nc2ccccc2n1CCNC(=O)[C@@H]1C[C@@]1(C(=O)O)C(C)C. The van der Waals surface area contributed by atoms with Crippen molar-refractivity contribution in [3.8, 4) is 0 Å². The third kappa shape index (κ3) is 2.56. The van der Waals surface area contributed by atoms with E-state index in [4.69, 9.17) is 0 Å². The third-order valence-corrected chi connectivity index (χ3v) is 5.23. The van der Waals surface area contributed by atoms with Gasteiger partial charge in [-0.25, -0.2) is 4.98 Å². The molecule has 1 heterocycles. The van der Waals surface area contributed by atoms with Gasteiger partial charge in [-0.1, -0.05) is 26.0 Å². The van der Waals surface area contributed by atoms with Crippen LogP contribution >= 0.6 is 0 Å². The first kappa shape index (κ1) is 16.5. The number of aryl methyl sites for hydroxylation is 1. The number of aliphatic carboxylic acids is 1. The van der Waals surface area contributed by atoms with Gasteiger partial charge in [-0.15, -0.1) is 0 Å². The Balaban J connectivity index is 1.62. The van der Waals surface area contributed by atoms with Crippen LogP contribution in [0, 0.1) is 24.2 Å². The van der Waals surface area contributed by atoms with Crippen molar-refractivity contribution in [1.82, 2.24) is 14.9 Å². The molecular formula is C18H23N3O3. The van der Waals surface area contributed by atoms with E-state index in [9.17, 15) is 14.7 Å². The number of carboxylic acid groups (broad SMARTS) is 1. The number of rotatable bonds is 6. The van der Waals surface area contributed by atoms with Crippen molar-refractivity contribution in [2.24, 2.45) is 17.3 Å². The maximum Gasteiger partial charge on any atom is 0.310 e. The van der Waals surface area contributed by atoms with Gasteiger partial charge in [0.1, 0.15) is 5.82 Å². The van der Waals surface area contributed by atoms with Crippen LogP contribution in [0.5, 0.6) is 0 Å². The van der Waals surface area contributed by atoms with Crippen LogP contribution in [0.4, 0.5) is 0 Å². The van der Waals surface area contributed by atoms with Crippen molar-refractivity contribution >= 4 is 22.9 Å². The number of aromatic nitrogens is 2. The van der Waals surface area contributed by atoms with Gasteiger partial charge in [-0.05, 0) is 31.4 Å². The van der Waals surface area contributed by atoms with Gasteiger partial charge in [0.2, 0.25) is 5.91 Å². The highest BCUT2D eigenvalue weighted by molar-refractivity contribution is 5.92. The molecule has 1 aliphatic rings. The second-order valence-electron chi connectivity index (χ2n) is 6.85. The maximum atomic E-state index is 12.3. The van der Waals surface area contributed by atoms with Crippen LogP contribution in [0.3, 0.4) is 0 Å². The van der Waals surface area contributed by atoms with Gasteiger partial charge in [0, 0.05) is 13.1 Å². The smallest absolute Gasteiger partial charge is 0.310 e. The highest BCUT2D eigenvalue weighted by Crippen LogP contribution is 2.58. The molecule has 24 heavy (non-hydrogen) atoms. The molecular weight excluding hydrogens is 306 g/mol. The van der Waals surface area contributed by atoms with Crippen LogP contribution in [-0.4, -0.2) is 33.1 Å². The molecule has 0 bridgehead atoms. The van der Waals surface area contributed by atoms with E-state index in [2.05, 4.69) is 14.9 Å². The lowest BCUT2D eigenvalue weighted by molar-refractivity contribution is -0.147. The van der Waals surface area contributed by atoms with E-state index in [1.54, 1.807) is 0 Å². The first-order valence-corrected chi connectivity index (χ1v) is 8.31. The first-order valence-electron chi connectivity index (χ1n) is 8.31. The van der Waals surface area contributed by atoms with Crippen molar-refractivity contribution in [1.29, 1.82) is 0 Å². The predicted octanol–water partition coefficient (Wildman–Crippen LogP) is 2.21. The summed E-state index contributed by atoms with van der Waals surface area (Å²) in [6.45, 7) is 6.75. The van der Waals surface area contributed by atoms with Gasteiger partial charge in [-0.2, -0.15) is 0 Å². The van der Waals surface area contributed by atoms with Crippen LogP contribution in [0.15, 0.2) is 24.3 Å². The van der Waals surface area contributed by atoms with Crippen LogP contribution in [0.25, 0.3) is 11.0 Å². The summed E-state index contributed by atoms with van der Waals surface area (Å²) < 4.78 is 2.06. The van der Waals surface area contributed by atoms with Crippen molar-refractivity contribution < 1.29 is 14.7 Å². The summed E-state index contributed by atoms with van der Waals surface area (Å²) in [6, 6.07) is 7.88. The molecule has 2 aromatic rings. The predicted molar refractivity (Wildman–Crippen MR) is 90.5 cm³/mol. The number of para-hydroxylation sites is 2. The highest BCUT2D eigenvalue weighted by atomic mass is 16.4. The number of carbonyl (C=O) groups excluding carboxylic acids is 1. The van der Waals surface area contributed by atoms with Gasteiger partial charge in [0.15, 0.2) is 0 Å². The fourth-order valence-corrected chi connectivity index (χ4v) is 3.62. The van der Waals surface area contributed by atoms with Crippen LogP contribution in [0.2, 0.25) is 0 Å². The average molecular weight is 329 g/mol. The Morgan fingerprint density at radius 3 is 2.75 bits per heavy atom. The quantitative estimate of drug-likeness (QED) is 0.851. The Morgan fingerprint density at radius 2 is 2.12 bits per heavy atom. The summed E-state index contributed by atoms with van der Waals surface area (Å²) >= 11 is 0. The second-order valence-corrected chi connectivity index (χ2v) is 6.85. The standard InChI is InChI=1S/C18H23N3O3/c1-11(2)18(17(23)24)10-13(18)16(22)19-8-9-21-12(3)20-14-6-4-5-7-15(14)21/h4-7,11,13H,8-10H2,1-3H3,(H,19,22)(H,23,24)/t13-,18+/m0/s1. The molecule has 1 aromatic heterocycles. The molecule has 0 saturated heterocycles. The Labute approximate surface area is 140 Å². The summed E-state index contributed by atoms with van der Waals surface area (Å²) in [6.07, 6.45) is 0.429. The molecule has 6 heteroatoms. The molecule has 0 unspecified atom stereocenters. The van der Waals surface area contributed by atoms with Gasteiger partial charge in [0.25, 0.3) is 0 Å². The van der Waals surface area contributed by atoms with Gasteiger partial charge in [-0.3, -0.25) is 9.59 Å².